The topological polar surface area (TPSA) is 37.8 Å². The SMILES string of the molecule is CCCCc1ncc2c(n1)CC(C)(C)CC2NCCC. The van der Waals surface area contributed by atoms with Gasteiger partial charge in [0.2, 0.25) is 0 Å². The van der Waals surface area contributed by atoms with Gasteiger partial charge in [0.1, 0.15) is 5.82 Å². The normalized spacial score (nSPS) is 20.7. The van der Waals surface area contributed by atoms with E-state index < -0.39 is 0 Å². The second-order valence-corrected chi connectivity index (χ2v) is 6.84. The highest BCUT2D eigenvalue weighted by Gasteiger charge is 2.33. The zero-order chi connectivity index (χ0) is 14.6. The number of unbranched alkanes of at least 4 members (excludes halogenated alkanes) is 1. The van der Waals surface area contributed by atoms with Crippen LogP contribution in [0, 0.1) is 5.41 Å². The average molecular weight is 275 g/mol. The van der Waals surface area contributed by atoms with Crippen LogP contribution in [-0.2, 0) is 12.8 Å². The predicted molar refractivity (Wildman–Crippen MR) is 83.8 cm³/mol. The molecule has 0 amide bonds. The van der Waals surface area contributed by atoms with Gasteiger partial charge in [-0.1, -0.05) is 34.1 Å². The van der Waals surface area contributed by atoms with E-state index >= 15 is 0 Å². The smallest absolute Gasteiger partial charge is 0.128 e. The van der Waals surface area contributed by atoms with Crippen molar-refractivity contribution < 1.29 is 0 Å². The molecular weight excluding hydrogens is 246 g/mol. The van der Waals surface area contributed by atoms with Crippen molar-refractivity contribution in [3.05, 3.63) is 23.3 Å². The number of rotatable bonds is 6. The van der Waals surface area contributed by atoms with E-state index in [-0.39, 0.29) is 0 Å². The molecule has 1 aliphatic rings. The summed E-state index contributed by atoms with van der Waals surface area (Å²) in [5.74, 6) is 1.03. The Labute approximate surface area is 123 Å². The predicted octanol–water partition coefficient (Wildman–Crippen LogP) is 3.83. The zero-order valence-electron chi connectivity index (χ0n) is 13.5. The van der Waals surface area contributed by atoms with Crippen LogP contribution in [0.3, 0.4) is 0 Å². The summed E-state index contributed by atoms with van der Waals surface area (Å²) < 4.78 is 0. The number of hydrogen-bond acceptors (Lipinski definition) is 3. The quantitative estimate of drug-likeness (QED) is 0.857. The molecule has 1 heterocycles. The Hall–Kier alpha value is -0.960. The zero-order valence-corrected chi connectivity index (χ0v) is 13.5. The fourth-order valence-electron chi connectivity index (χ4n) is 3.04. The molecule has 0 fully saturated rings. The van der Waals surface area contributed by atoms with Crippen molar-refractivity contribution in [1.29, 1.82) is 0 Å². The minimum atomic E-state index is 0.328. The molecule has 1 unspecified atom stereocenters. The van der Waals surface area contributed by atoms with E-state index in [1.807, 2.05) is 0 Å². The van der Waals surface area contributed by atoms with Gasteiger partial charge in [-0.25, -0.2) is 9.97 Å². The van der Waals surface area contributed by atoms with Gasteiger partial charge in [-0.15, -0.1) is 0 Å². The van der Waals surface area contributed by atoms with Crippen molar-refractivity contribution in [2.24, 2.45) is 5.41 Å². The summed E-state index contributed by atoms with van der Waals surface area (Å²) in [4.78, 5) is 9.44. The molecule has 0 saturated heterocycles. The van der Waals surface area contributed by atoms with E-state index in [2.05, 4.69) is 44.2 Å². The van der Waals surface area contributed by atoms with Crippen LogP contribution in [0.2, 0.25) is 0 Å². The Morgan fingerprint density at radius 2 is 2.10 bits per heavy atom. The molecule has 1 aromatic rings. The Kier molecular flexibility index (Phi) is 5.14. The van der Waals surface area contributed by atoms with Gasteiger partial charge in [0.25, 0.3) is 0 Å². The van der Waals surface area contributed by atoms with Crippen molar-refractivity contribution in [3.8, 4) is 0 Å². The molecule has 2 rings (SSSR count). The van der Waals surface area contributed by atoms with Gasteiger partial charge >= 0.3 is 0 Å². The van der Waals surface area contributed by atoms with Crippen molar-refractivity contribution in [3.63, 3.8) is 0 Å². The number of aryl methyl sites for hydroxylation is 1. The maximum atomic E-state index is 4.85. The Morgan fingerprint density at radius 3 is 2.80 bits per heavy atom. The van der Waals surface area contributed by atoms with Gasteiger partial charge in [-0.2, -0.15) is 0 Å². The molecule has 0 aromatic carbocycles. The van der Waals surface area contributed by atoms with E-state index in [1.54, 1.807) is 0 Å². The molecule has 1 N–H and O–H groups in total. The summed E-state index contributed by atoms with van der Waals surface area (Å²) in [7, 11) is 0. The molecule has 3 nitrogen and oxygen atoms in total. The second kappa shape index (κ2) is 6.66. The summed E-state index contributed by atoms with van der Waals surface area (Å²) in [6.45, 7) is 10.2. The molecule has 0 bridgehead atoms. The molecule has 1 aromatic heterocycles. The Balaban J connectivity index is 2.22. The van der Waals surface area contributed by atoms with Gasteiger partial charge in [0.15, 0.2) is 0 Å². The highest BCUT2D eigenvalue weighted by Crippen LogP contribution is 2.39. The van der Waals surface area contributed by atoms with Crippen LogP contribution in [0.4, 0.5) is 0 Å². The number of hydrogen-bond donors (Lipinski definition) is 1. The summed E-state index contributed by atoms with van der Waals surface area (Å²) >= 11 is 0. The third kappa shape index (κ3) is 3.78. The first-order chi connectivity index (χ1) is 9.55. The van der Waals surface area contributed by atoms with E-state index in [0.717, 1.165) is 25.2 Å². The molecule has 1 aliphatic carbocycles. The van der Waals surface area contributed by atoms with Crippen LogP contribution in [-0.4, -0.2) is 16.5 Å². The summed E-state index contributed by atoms with van der Waals surface area (Å²) in [5, 5.41) is 3.67. The van der Waals surface area contributed by atoms with Crippen LogP contribution in [0.1, 0.15) is 76.5 Å². The van der Waals surface area contributed by atoms with Crippen LogP contribution >= 0.6 is 0 Å². The number of fused-ring (bicyclic) bond motifs is 1. The summed E-state index contributed by atoms with van der Waals surface area (Å²) in [6.07, 6.45) is 8.90. The number of nitrogens with one attached hydrogen (secondary N) is 1. The van der Waals surface area contributed by atoms with Crippen molar-refractivity contribution >= 4 is 0 Å². The third-order valence-corrected chi connectivity index (χ3v) is 4.12. The van der Waals surface area contributed by atoms with Crippen LogP contribution in [0.5, 0.6) is 0 Å². The minimum Gasteiger partial charge on any atom is -0.310 e. The van der Waals surface area contributed by atoms with Gasteiger partial charge < -0.3 is 5.32 Å². The van der Waals surface area contributed by atoms with E-state index in [9.17, 15) is 0 Å². The Bertz CT molecular complexity index is 440. The van der Waals surface area contributed by atoms with E-state index in [4.69, 9.17) is 4.98 Å². The highest BCUT2D eigenvalue weighted by atomic mass is 15.0. The fourth-order valence-corrected chi connectivity index (χ4v) is 3.04. The Morgan fingerprint density at radius 1 is 1.30 bits per heavy atom. The number of nitrogens with zero attached hydrogens (tertiary/aromatic N) is 2. The third-order valence-electron chi connectivity index (χ3n) is 4.12. The number of aromatic nitrogens is 2. The minimum absolute atomic E-state index is 0.328. The maximum absolute atomic E-state index is 4.85. The molecule has 3 heteroatoms. The molecule has 0 saturated carbocycles. The molecular formula is C17H29N3. The highest BCUT2D eigenvalue weighted by molar-refractivity contribution is 5.26. The lowest BCUT2D eigenvalue weighted by molar-refractivity contribution is 0.253. The van der Waals surface area contributed by atoms with Gasteiger partial charge in [0, 0.05) is 29.9 Å². The van der Waals surface area contributed by atoms with Crippen LogP contribution in [0.25, 0.3) is 0 Å². The molecule has 20 heavy (non-hydrogen) atoms. The molecule has 0 aliphatic heterocycles. The van der Waals surface area contributed by atoms with Gasteiger partial charge in [0.05, 0.1) is 0 Å². The van der Waals surface area contributed by atoms with E-state index in [1.165, 1.54) is 36.9 Å². The van der Waals surface area contributed by atoms with Crippen LogP contribution < -0.4 is 5.32 Å². The monoisotopic (exact) mass is 275 g/mol. The largest absolute Gasteiger partial charge is 0.310 e. The standard InChI is InChI=1S/C17H29N3/c1-5-7-8-16-19-12-13-14(18-9-6-2)10-17(3,4)11-15(13)20-16/h12,14,18H,5-11H2,1-4H3. The van der Waals surface area contributed by atoms with E-state index in [0.29, 0.717) is 11.5 Å². The maximum Gasteiger partial charge on any atom is 0.128 e. The van der Waals surface area contributed by atoms with Crippen molar-refractivity contribution in [2.45, 2.75) is 72.3 Å². The first-order valence-corrected chi connectivity index (χ1v) is 8.14. The first kappa shape index (κ1) is 15.4. The lowest BCUT2D eigenvalue weighted by Crippen LogP contribution is -2.34. The fraction of sp³-hybridized carbons (Fsp3) is 0.765. The summed E-state index contributed by atoms with van der Waals surface area (Å²) in [6, 6.07) is 0.425. The van der Waals surface area contributed by atoms with Crippen LogP contribution in [0.15, 0.2) is 6.20 Å². The summed E-state index contributed by atoms with van der Waals surface area (Å²) in [5.41, 5.74) is 2.93. The molecule has 0 spiro atoms. The van der Waals surface area contributed by atoms with Crippen molar-refractivity contribution in [1.82, 2.24) is 15.3 Å². The van der Waals surface area contributed by atoms with Gasteiger partial charge in [-0.3, -0.25) is 0 Å². The molecule has 0 radical (unpaired) electrons. The second-order valence-electron chi connectivity index (χ2n) is 6.84. The lowest BCUT2D eigenvalue weighted by atomic mass is 9.74. The van der Waals surface area contributed by atoms with Gasteiger partial charge in [-0.05, 0) is 37.6 Å². The molecule has 112 valence electrons. The average Bonchev–Trinajstić information content (AvgIpc) is 2.40. The lowest BCUT2D eigenvalue weighted by Gasteiger charge is -2.36. The first-order valence-electron chi connectivity index (χ1n) is 8.14. The molecule has 1 atom stereocenters. The van der Waals surface area contributed by atoms with Crippen molar-refractivity contribution in [2.75, 3.05) is 6.54 Å².